The standard InChI is InChI=1S/C18H26O2SSi2/c1-22(2,3)17-11-7-15(8-12-17)21(19,20)16-9-13-18(14-10-16)23(4,5)6/h7-14H,1-6H3. The van der Waals surface area contributed by atoms with Gasteiger partial charge in [0.15, 0.2) is 0 Å². The van der Waals surface area contributed by atoms with Crippen LogP contribution in [0.15, 0.2) is 58.3 Å². The minimum atomic E-state index is -3.43. The predicted molar refractivity (Wildman–Crippen MR) is 104 cm³/mol. The van der Waals surface area contributed by atoms with E-state index in [1.807, 2.05) is 24.3 Å². The van der Waals surface area contributed by atoms with Crippen LogP contribution in [0.3, 0.4) is 0 Å². The molecule has 0 heterocycles. The number of rotatable bonds is 4. The second-order valence-corrected chi connectivity index (χ2v) is 20.2. The molecule has 0 saturated carbocycles. The van der Waals surface area contributed by atoms with Gasteiger partial charge in [-0.15, -0.1) is 0 Å². The molecule has 0 atom stereocenters. The zero-order valence-electron chi connectivity index (χ0n) is 14.8. The van der Waals surface area contributed by atoms with Crippen LogP contribution in [0.2, 0.25) is 39.3 Å². The van der Waals surface area contributed by atoms with Gasteiger partial charge in [0.2, 0.25) is 9.84 Å². The zero-order valence-corrected chi connectivity index (χ0v) is 17.7. The molecule has 0 aromatic heterocycles. The third-order valence-corrected chi connectivity index (χ3v) is 9.98. The summed E-state index contributed by atoms with van der Waals surface area (Å²) in [4.78, 5) is 0.750. The van der Waals surface area contributed by atoms with Crippen molar-refractivity contribution in [3.05, 3.63) is 48.5 Å². The van der Waals surface area contributed by atoms with Gasteiger partial charge in [-0.05, 0) is 24.3 Å². The van der Waals surface area contributed by atoms with Crippen LogP contribution in [-0.2, 0) is 9.84 Å². The fourth-order valence-corrected chi connectivity index (χ4v) is 6.00. The topological polar surface area (TPSA) is 34.1 Å². The molecule has 124 valence electrons. The summed E-state index contributed by atoms with van der Waals surface area (Å²) < 4.78 is 25.6. The van der Waals surface area contributed by atoms with E-state index in [1.54, 1.807) is 24.3 Å². The van der Waals surface area contributed by atoms with E-state index in [1.165, 1.54) is 10.4 Å². The molecule has 2 rings (SSSR count). The second kappa shape index (κ2) is 6.03. The van der Waals surface area contributed by atoms with Gasteiger partial charge in [-0.3, -0.25) is 0 Å². The molecule has 0 amide bonds. The summed E-state index contributed by atoms with van der Waals surface area (Å²) in [7, 11) is -6.26. The van der Waals surface area contributed by atoms with Crippen LogP contribution in [0.1, 0.15) is 0 Å². The molecule has 0 bridgehead atoms. The van der Waals surface area contributed by atoms with Crippen LogP contribution in [0.25, 0.3) is 0 Å². The van der Waals surface area contributed by atoms with Crippen LogP contribution in [0.5, 0.6) is 0 Å². The maximum atomic E-state index is 12.8. The summed E-state index contributed by atoms with van der Waals surface area (Å²) in [6, 6.07) is 14.9. The van der Waals surface area contributed by atoms with Crippen LogP contribution >= 0.6 is 0 Å². The summed E-state index contributed by atoms with van der Waals surface area (Å²) in [5, 5.41) is 2.54. The molecule has 2 nitrogen and oxygen atoms in total. The molecular formula is C18H26O2SSi2. The van der Waals surface area contributed by atoms with Crippen molar-refractivity contribution in [1.29, 1.82) is 0 Å². The Kier molecular flexibility index (Phi) is 4.77. The molecule has 0 radical (unpaired) electrons. The Morgan fingerprint density at radius 1 is 0.565 bits per heavy atom. The van der Waals surface area contributed by atoms with Crippen molar-refractivity contribution in [1.82, 2.24) is 0 Å². The number of sulfone groups is 1. The molecule has 2 aromatic carbocycles. The van der Waals surface area contributed by atoms with E-state index in [0.29, 0.717) is 9.79 Å². The lowest BCUT2D eigenvalue weighted by molar-refractivity contribution is 0.596. The van der Waals surface area contributed by atoms with Crippen molar-refractivity contribution < 1.29 is 8.42 Å². The summed E-state index contributed by atoms with van der Waals surface area (Å²) in [6.45, 7) is 13.5. The highest BCUT2D eigenvalue weighted by Gasteiger charge is 2.22. The maximum absolute atomic E-state index is 12.8. The average molecular weight is 363 g/mol. The van der Waals surface area contributed by atoms with Gasteiger partial charge in [0.25, 0.3) is 0 Å². The first-order chi connectivity index (χ1) is 10.4. The van der Waals surface area contributed by atoms with E-state index in [4.69, 9.17) is 0 Å². The highest BCUT2D eigenvalue weighted by atomic mass is 32.2. The van der Waals surface area contributed by atoms with Gasteiger partial charge in [0.05, 0.1) is 25.9 Å². The monoisotopic (exact) mass is 362 g/mol. The minimum Gasteiger partial charge on any atom is -0.219 e. The van der Waals surface area contributed by atoms with Gasteiger partial charge in [-0.25, -0.2) is 8.42 Å². The number of benzene rings is 2. The largest absolute Gasteiger partial charge is 0.219 e. The molecule has 0 spiro atoms. The molecule has 0 aliphatic rings. The molecule has 0 aliphatic carbocycles. The Hall–Kier alpha value is -1.18. The molecule has 23 heavy (non-hydrogen) atoms. The van der Waals surface area contributed by atoms with E-state index in [9.17, 15) is 8.42 Å². The van der Waals surface area contributed by atoms with Gasteiger partial charge in [-0.2, -0.15) is 0 Å². The number of hydrogen-bond acceptors (Lipinski definition) is 2. The molecule has 0 aliphatic heterocycles. The summed E-state index contributed by atoms with van der Waals surface area (Å²) >= 11 is 0. The number of hydrogen-bond donors (Lipinski definition) is 0. The SMILES string of the molecule is C[Si](C)(C)c1ccc(S(=O)(=O)c2ccc([Si](C)(C)C)cc2)cc1. The smallest absolute Gasteiger partial charge is 0.206 e. The van der Waals surface area contributed by atoms with Crippen molar-refractivity contribution in [3.8, 4) is 0 Å². The van der Waals surface area contributed by atoms with Gasteiger partial charge >= 0.3 is 0 Å². The normalized spacial score (nSPS) is 13.1. The van der Waals surface area contributed by atoms with Crippen LogP contribution in [0.4, 0.5) is 0 Å². The fourth-order valence-electron chi connectivity index (χ4n) is 2.40. The maximum Gasteiger partial charge on any atom is 0.206 e. The summed E-state index contributed by atoms with van der Waals surface area (Å²) in [5.74, 6) is 0. The Bertz CT molecular complexity index is 715. The van der Waals surface area contributed by atoms with Crippen molar-refractivity contribution in [3.63, 3.8) is 0 Å². The lowest BCUT2D eigenvalue weighted by atomic mass is 10.4. The summed E-state index contributed by atoms with van der Waals surface area (Å²) in [6.07, 6.45) is 0. The van der Waals surface area contributed by atoms with E-state index in [-0.39, 0.29) is 0 Å². The van der Waals surface area contributed by atoms with Crippen LogP contribution < -0.4 is 10.4 Å². The third-order valence-electron chi connectivity index (χ3n) is 4.06. The van der Waals surface area contributed by atoms with Crippen molar-refractivity contribution >= 4 is 36.4 Å². The Morgan fingerprint density at radius 2 is 0.826 bits per heavy atom. The lowest BCUT2D eigenvalue weighted by Gasteiger charge is -2.18. The van der Waals surface area contributed by atoms with E-state index >= 15 is 0 Å². The van der Waals surface area contributed by atoms with Gasteiger partial charge in [0.1, 0.15) is 0 Å². The quantitative estimate of drug-likeness (QED) is 0.779. The molecule has 0 saturated heterocycles. The molecule has 0 fully saturated rings. The molecule has 0 N–H and O–H groups in total. The molecule has 2 aromatic rings. The Balaban J connectivity index is 2.39. The van der Waals surface area contributed by atoms with E-state index in [2.05, 4.69) is 39.3 Å². The van der Waals surface area contributed by atoms with Crippen molar-refractivity contribution in [2.45, 2.75) is 49.1 Å². The zero-order chi connectivity index (χ0) is 17.5. The first-order valence-electron chi connectivity index (χ1n) is 7.88. The Morgan fingerprint density at radius 3 is 1.04 bits per heavy atom. The van der Waals surface area contributed by atoms with Crippen LogP contribution in [-0.4, -0.2) is 24.6 Å². The van der Waals surface area contributed by atoms with Crippen LogP contribution in [0, 0.1) is 0 Å². The first-order valence-corrected chi connectivity index (χ1v) is 16.4. The fraction of sp³-hybridized carbons (Fsp3) is 0.333. The van der Waals surface area contributed by atoms with E-state index < -0.39 is 26.0 Å². The Labute approximate surface area is 142 Å². The first kappa shape index (κ1) is 18.2. The predicted octanol–water partition coefficient (Wildman–Crippen LogP) is 3.61. The highest BCUT2D eigenvalue weighted by Crippen LogP contribution is 2.20. The summed E-state index contributed by atoms with van der Waals surface area (Å²) in [5.41, 5.74) is 0. The average Bonchev–Trinajstić information content (AvgIpc) is 2.46. The van der Waals surface area contributed by atoms with Gasteiger partial charge < -0.3 is 0 Å². The second-order valence-electron chi connectivity index (χ2n) is 8.05. The van der Waals surface area contributed by atoms with Crippen molar-refractivity contribution in [2.75, 3.05) is 0 Å². The molecular weight excluding hydrogens is 336 g/mol. The third kappa shape index (κ3) is 4.02. The molecule has 0 unspecified atom stereocenters. The van der Waals surface area contributed by atoms with Gasteiger partial charge in [-0.1, -0.05) is 73.9 Å². The molecule has 5 heteroatoms. The van der Waals surface area contributed by atoms with E-state index in [0.717, 1.165) is 0 Å². The highest BCUT2D eigenvalue weighted by molar-refractivity contribution is 7.91. The lowest BCUT2D eigenvalue weighted by Crippen LogP contribution is -2.37. The van der Waals surface area contributed by atoms with Gasteiger partial charge in [0, 0.05) is 0 Å². The minimum absolute atomic E-state index is 0.375. The van der Waals surface area contributed by atoms with Crippen molar-refractivity contribution in [2.24, 2.45) is 0 Å².